The molecule has 0 amide bonds. The normalized spacial score (nSPS) is 22.0. The lowest BCUT2D eigenvalue weighted by molar-refractivity contribution is 0.216. The van der Waals surface area contributed by atoms with Gasteiger partial charge < -0.3 is 5.32 Å². The molecule has 0 radical (unpaired) electrons. The van der Waals surface area contributed by atoms with E-state index >= 15 is 0 Å². The van der Waals surface area contributed by atoms with E-state index in [4.69, 9.17) is 0 Å². The summed E-state index contributed by atoms with van der Waals surface area (Å²) in [5, 5.41) is 3.47. The van der Waals surface area contributed by atoms with Gasteiger partial charge in [0.15, 0.2) is 0 Å². The lowest BCUT2D eigenvalue weighted by Gasteiger charge is -2.26. The molecule has 2 heteroatoms. The second-order valence-corrected chi connectivity index (χ2v) is 4.74. The van der Waals surface area contributed by atoms with Crippen molar-refractivity contribution in [1.29, 1.82) is 0 Å². The van der Waals surface area contributed by atoms with E-state index in [1.807, 2.05) is 0 Å². The first-order valence-electron chi connectivity index (χ1n) is 6.31. The molecule has 1 heterocycles. The number of hydrogen-bond acceptors (Lipinski definition) is 2. The van der Waals surface area contributed by atoms with Gasteiger partial charge in [-0.25, -0.2) is 0 Å². The van der Waals surface area contributed by atoms with Crippen molar-refractivity contribution in [3.63, 3.8) is 0 Å². The van der Waals surface area contributed by atoms with Gasteiger partial charge in [0.1, 0.15) is 0 Å². The van der Waals surface area contributed by atoms with Gasteiger partial charge in [0.2, 0.25) is 0 Å². The molecule has 1 fully saturated rings. The van der Waals surface area contributed by atoms with Crippen LogP contribution in [-0.4, -0.2) is 31.1 Å². The third kappa shape index (κ3) is 3.32. The Kier molecular flexibility index (Phi) is 4.37. The zero-order valence-electron chi connectivity index (χ0n) is 10.2. The number of rotatable bonds is 3. The van der Waals surface area contributed by atoms with Crippen LogP contribution in [-0.2, 0) is 6.54 Å². The van der Waals surface area contributed by atoms with Crippen LogP contribution in [0.1, 0.15) is 24.8 Å². The molecule has 88 valence electrons. The summed E-state index contributed by atoms with van der Waals surface area (Å²) in [6, 6.07) is 11.5. The zero-order valence-corrected chi connectivity index (χ0v) is 10.2. The quantitative estimate of drug-likeness (QED) is 0.837. The molecule has 1 aromatic carbocycles. The second-order valence-electron chi connectivity index (χ2n) is 4.74. The van der Waals surface area contributed by atoms with Crippen LogP contribution >= 0.6 is 0 Å². The van der Waals surface area contributed by atoms with Gasteiger partial charge in [0.25, 0.3) is 0 Å². The Morgan fingerprint density at radius 3 is 2.81 bits per heavy atom. The summed E-state index contributed by atoms with van der Waals surface area (Å²) in [6.07, 6.45) is 3.92. The van der Waals surface area contributed by atoms with Crippen molar-refractivity contribution in [3.8, 4) is 0 Å². The van der Waals surface area contributed by atoms with E-state index in [1.54, 1.807) is 0 Å². The number of benzene rings is 1. The third-order valence-electron chi connectivity index (χ3n) is 3.44. The van der Waals surface area contributed by atoms with Gasteiger partial charge >= 0.3 is 0 Å². The Balaban J connectivity index is 1.89. The van der Waals surface area contributed by atoms with Crippen molar-refractivity contribution in [1.82, 2.24) is 10.2 Å². The maximum atomic E-state index is 3.47. The first-order valence-corrected chi connectivity index (χ1v) is 6.31. The summed E-state index contributed by atoms with van der Waals surface area (Å²) in [4.78, 5) is 2.50. The first kappa shape index (κ1) is 11.6. The second kappa shape index (κ2) is 6.02. The van der Waals surface area contributed by atoms with E-state index in [0.29, 0.717) is 0 Å². The van der Waals surface area contributed by atoms with Crippen LogP contribution in [0, 0.1) is 0 Å². The minimum atomic E-state index is 0.746. The highest BCUT2D eigenvalue weighted by Crippen LogP contribution is 2.14. The fourth-order valence-electron chi connectivity index (χ4n) is 2.44. The van der Waals surface area contributed by atoms with E-state index in [2.05, 4.69) is 47.6 Å². The Morgan fingerprint density at radius 2 is 2.00 bits per heavy atom. The van der Waals surface area contributed by atoms with Crippen LogP contribution in [0.2, 0.25) is 0 Å². The largest absolute Gasteiger partial charge is 0.317 e. The zero-order chi connectivity index (χ0) is 11.2. The summed E-state index contributed by atoms with van der Waals surface area (Å²) in [7, 11) is 2.25. The number of hydrogen-bond donors (Lipinski definition) is 1. The highest BCUT2D eigenvalue weighted by Gasteiger charge is 2.16. The molecule has 2 nitrogen and oxygen atoms in total. The fourth-order valence-corrected chi connectivity index (χ4v) is 2.44. The molecule has 1 aromatic rings. The van der Waals surface area contributed by atoms with Gasteiger partial charge in [-0.15, -0.1) is 0 Å². The van der Waals surface area contributed by atoms with E-state index in [0.717, 1.165) is 12.6 Å². The molecule has 1 saturated heterocycles. The predicted molar refractivity (Wildman–Crippen MR) is 68.4 cm³/mol. The van der Waals surface area contributed by atoms with E-state index in [9.17, 15) is 0 Å². The predicted octanol–water partition coefficient (Wildman–Crippen LogP) is 2.26. The molecule has 1 aliphatic rings. The Labute approximate surface area is 98.7 Å². The van der Waals surface area contributed by atoms with Gasteiger partial charge in [0.05, 0.1) is 0 Å². The molecule has 0 spiro atoms. The molecular weight excluding hydrogens is 196 g/mol. The third-order valence-corrected chi connectivity index (χ3v) is 3.44. The molecule has 2 rings (SSSR count). The van der Waals surface area contributed by atoms with Gasteiger partial charge in [-0.2, -0.15) is 0 Å². The minimum absolute atomic E-state index is 0.746. The molecule has 0 aromatic heterocycles. The van der Waals surface area contributed by atoms with Crippen molar-refractivity contribution in [3.05, 3.63) is 35.9 Å². The fraction of sp³-hybridized carbons (Fsp3) is 0.571. The van der Waals surface area contributed by atoms with Crippen molar-refractivity contribution in [2.24, 2.45) is 0 Å². The molecule has 0 bridgehead atoms. The van der Waals surface area contributed by atoms with Crippen LogP contribution in [0.25, 0.3) is 0 Å². The van der Waals surface area contributed by atoms with Crippen LogP contribution in [0.15, 0.2) is 30.3 Å². The SMILES string of the molecule is CN(Cc1ccccc1)C1CCCNCC1. The average molecular weight is 218 g/mol. The Hall–Kier alpha value is -0.860. The van der Waals surface area contributed by atoms with Gasteiger partial charge in [-0.1, -0.05) is 30.3 Å². The van der Waals surface area contributed by atoms with E-state index < -0.39 is 0 Å². The lowest BCUT2D eigenvalue weighted by atomic mass is 10.1. The van der Waals surface area contributed by atoms with E-state index in [1.165, 1.54) is 37.9 Å². The van der Waals surface area contributed by atoms with Crippen molar-refractivity contribution in [2.45, 2.75) is 31.8 Å². The van der Waals surface area contributed by atoms with Gasteiger partial charge in [-0.05, 0) is 45.0 Å². The molecule has 0 aliphatic carbocycles. The highest BCUT2D eigenvalue weighted by molar-refractivity contribution is 5.14. The number of nitrogens with one attached hydrogen (secondary N) is 1. The maximum absolute atomic E-state index is 3.47. The molecule has 1 atom stereocenters. The summed E-state index contributed by atoms with van der Waals surface area (Å²) < 4.78 is 0. The molecule has 1 N–H and O–H groups in total. The van der Waals surface area contributed by atoms with Crippen molar-refractivity contribution >= 4 is 0 Å². The van der Waals surface area contributed by atoms with Crippen LogP contribution in [0.4, 0.5) is 0 Å². The minimum Gasteiger partial charge on any atom is -0.317 e. The molecule has 1 aliphatic heterocycles. The smallest absolute Gasteiger partial charge is 0.0233 e. The van der Waals surface area contributed by atoms with Crippen LogP contribution < -0.4 is 5.32 Å². The topological polar surface area (TPSA) is 15.3 Å². The standard InChI is InChI=1S/C14H22N2/c1-16(12-13-6-3-2-4-7-13)14-8-5-10-15-11-9-14/h2-4,6-7,14-15H,5,8-12H2,1H3. The Morgan fingerprint density at radius 1 is 1.19 bits per heavy atom. The molecule has 0 saturated carbocycles. The number of nitrogens with zero attached hydrogens (tertiary/aromatic N) is 1. The summed E-state index contributed by atoms with van der Waals surface area (Å²) in [6.45, 7) is 3.44. The Bertz CT molecular complexity index is 289. The van der Waals surface area contributed by atoms with Crippen LogP contribution in [0.3, 0.4) is 0 Å². The van der Waals surface area contributed by atoms with Gasteiger partial charge in [0, 0.05) is 12.6 Å². The summed E-state index contributed by atoms with van der Waals surface area (Å²) in [5.74, 6) is 0. The average Bonchev–Trinajstić information content (AvgIpc) is 2.59. The summed E-state index contributed by atoms with van der Waals surface area (Å²) in [5.41, 5.74) is 1.42. The molecule has 16 heavy (non-hydrogen) atoms. The van der Waals surface area contributed by atoms with Crippen LogP contribution in [0.5, 0.6) is 0 Å². The molecular formula is C14H22N2. The summed E-state index contributed by atoms with van der Waals surface area (Å²) >= 11 is 0. The van der Waals surface area contributed by atoms with Gasteiger partial charge in [-0.3, -0.25) is 4.90 Å². The van der Waals surface area contributed by atoms with E-state index in [-0.39, 0.29) is 0 Å². The monoisotopic (exact) mass is 218 g/mol. The van der Waals surface area contributed by atoms with Crippen molar-refractivity contribution in [2.75, 3.05) is 20.1 Å². The molecule has 1 unspecified atom stereocenters. The first-order chi connectivity index (χ1) is 7.86. The highest BCUT2D eigenvalue weighted by atomic mass is 15.1. The van der Waals surface area contributed by atoms with Crippen molar-refractivity contribution < 1.29 is 0 Å². The maximum Gasteiger partial charge on any atom is 0.0233 e. The lowest BCUT2D eigenvalue weighted by Crippen LogP contribution is -2.31.